The Morgan fingerprint density at radius 2 is 2.21 bits per heavy atom. The molecule has 1 atom stereocenters. The molecule has 0 bridgehead atoms. The van der Waals surface area contributed by atoms with Crippen LogP contribution in [0.5, 0.6) is 0 Å². The smallest absolute Gasteiger partial charge is 0.107 e. The van der Waals surface area contributed by atoms with Crippen LogP contribution in [0.1, 0.15) is 48.2 Å². The average molecular weight is 281 g/mol. The number of hydrogen-bond donors (Lipinski definition) is 1. The highest BCUT2D eigenvalue weighted by atomic mass is 32.1. The van der Waals surface area contributed by atoms with Gasteiger partial charge in [0, 0.05) is 17.5 Å². The highest BCUT2D eigenvalue weighted by Crippen LogP contribution is 2.17. The van der Waals surface area contributed by atoms with Gasteiger partial charge in [-0.25, -0.2) is 4.98 Å². The van der Waals surface area contributed by atoms with Crippen LogP contribution in [0.3, 0.4) is 0 Å². The first-order valence-corrected chi connectivity index (χ1v) is 8.36. The van der Waals surface area contributed by atoms with E-state index in [1.807, 2.05) is 11.3 Å². The first kappa shape index (κ1) is 14.9. The van der Waals surface area contributed by atoms with E-state index in [4.69, 9.17) is 0 Å². The van der Waals surface area contributed by atoms with Gasteiger partial charge in [0.2, 0.25) is 0 Å². The van der Waals surface area contributed by atoms with Crippen LogP contribution in [0.25, 0.3) is 0 Å². The lowest BCUT2D eigenvalue weighted by Gasteiger charge is -2.33. The lowest BCUT2D eigenvalue weighted by molar-refractivity contribution is 0.159. The summed E-state index contributed by atoms with van der Waals surface area (Å²) in [5.74, 6) is 0. The van der Waals surface area contributed by atoms with Gasteiger partial charge in [-0.05, 0) is 59.7 Å². The van der Waals surface area contributed by atoms with Crippen molar-refractivity contribution in [1.82, 2.24) is 15.2 Å². The number of aromatic nitrogens is 1. The van der Waals surface area contributed by atoms with Gasteiger partial charge >= 0.3 is 0 Å². The third-order valence-electron chi connectivity index (χ3n) is 4.09. The summed E-state index contributed by atoms with van der Waals surface area (Å²) in [6.07, 6.45) is 5.42. The fraction of sp³-hybridized carbons (Fsp3) is 0.800. The number of hydrogen-bond acceptors (Lipinski definition) is 4. The van der Waals surface area contributed by atoms with E-state index < -0.39 is 0 Å². The molecule has 0 aliphatic carbocycles. The van der Waals surface area contributed by atoms with Crippen molar-refractivity contribution in [3.05, 3.63) is 15.6 Å². The maximum absolute atomic E-state index is 4.56. The van der Waals surface area contributed by atoms with E-state index in [1.165, 1.54) is 54.4 Å². The van der Waals surface area contributed by atoms with Crippen molar-refractivity contribution in [2.24, 2.45) is 0 Å². The Balaban J connectivity index is 1.59. The highest BCUT2D eigenvalue weighted by molar-refractivity contribution is 7.11. The molecule has 1 N–H and O–H groups in total. The Morgan fingerprint density at radius 3 is 2.89 bits per heavy atom. The summed E-state index contributed by atoms with van der Waals surface area (Å²) >= 11 is 1.82. The predicted molar refractivity (Wildman–Crippen MR) is 82.8 cm³/mol. The van der Waals surface area contributed by atoms with E-state index >= 15 is 0 Å². The van der Waals surface area contributed by atoms with Crippen molar-refractivity contribution in [3.8, 4) is 0 Å². The molecule has 2 rings (SSSR count). The van der Waals surface area contributed by atoms with Crippen LogP contribution in [-0.4, -0.2) is 35.6 Å². The van der Waals surface area contributed by atoms with Gasteiger partial charge in [0.25, 0.3) is 0 Å². The number of likely N-dealkylation sites (tertiary alicyclic amines) is 1. The van der Waals surface area contributed by atoms with E-state index in [2.05, 4.69) is 36.0 Å². The van der Waals surface area contributed by atoms with Gasteiger partial charge in [-0.2, -0.15) is 0 Å². The molecular formula is C15H27N3S. The molecular weight excluding hydrogens is 254 g/mol. The second-order valence-electron chi connectivity index (χ2n) is 5.66. The second kappa shape index (κ2) is 7.36. The Morgan fingerprint density at radius 1 is 1.37 bits per heavy atom. The summed E-state index contributed by atoms with van der Waals surface area (Å²) in [5, 5.41) is 4.74. The van der Waals surface area contributed by atoms with E-state index in [1.54, 1.807) is 0 Å². The Hall–Kier alpha value is -0.450. The van der Waals surface area contributed by atoms with Crippen molar-refractivity contribution in [2.45, 2.75) is 59.0 Å². The molecule has 0 amide bonds. The molecule has 1 aliphatic rings. The zero-order valence-corrected chi connectivity index (χ0v) is 13.4. The van der Waals surface area contributed by atoms with Crippen LogP contribution in [0.4, 0.5) is 0 Å². The van der Waals surface area contributed by atoms with Gasteiger partial charge < -0.3 is 10.2 Å². The third-order valence-corrected chi connectivity index (χ3v) is 5.16. The number of piperidine rings is 1. The number of aryl methyl sites for hydroxylation is 2. The molecule has 108 valence electrons. The lowest BCUT2D eigenvalue weighted by Crippen LogP contribution is -2.38. The van der Waals surface area contributed by atoms with Gasteiger partial charge in [-0.1, -0.05) is 6.42 Å². The molecule has 1 fully saturated rings. The molecule has 3 nitrogen and oxygen atoms in total. The van der Waals surface area contributed by atoms with E-state index in [0.29, 0.717) is 0 Å². The van der Waals surface area contributed by atoms with Crippen molar-refractivity contribution < 1.29 is 0 Å². The molecule has 1 saturated heterocycles. The molecule has 0 aromatic carbocycles. The number of thiazole rings is 1. The molecule has 2 heterocycles. The van der Waals surface area contributed by atoms with Crippen molar-refractivity contribution >= 4 is 11.3 Å². The monoisotopic (exact) mass is 281 g/mol. The van der Waals surface area contributed by atoms with Crippen molar-refractivity contribution in [2.75, 3.05) is 19.6 Å². The summed E-state index contributed by atoms with van der Waals surface area (Å²) in [6.45, 7) is 11.2. The van der Waals surface area contributed by atoms with Crippen LogP contribution < -0.4 is 5.32 Å². The number of nitrogens with one attached hydrogen (secondary N) is 1. The van der Waals surface area contributed by atoms with Gasteiger partial charge in [0.1, 0.15) is 5.01 Å². The zero-order valence-electron chi connectivity index (χ0n) is 12.5. The summed E-state index contributed by atoms with van der Waals surface area (Å²) in [4.78, 5) is 8.54. The van der Waals surface area contributed by atoms with E-state index in [9.17, 15) is 0 Å². The first-order chi connectivity index (χ1) is 9.16. The zero-order chi connectivity index (χ0) is 13.7. The maximum atomic E-state index is 4.56. The van der Waals surface area contributed by atoms with Crippen LogP contribution in [0.2, 0.25) is 0 Å². The molecule has 4 heteroatoms. The van der Waals surface area contributed by atoms with E-state index in [0.717, 1.165) is 19.1 Å². The number of rotatable bonds is 6. The fourth-order valence-corrected chi connectivity index (χ4v) is 3.61. The molecule has 1 unspecified atom stereocenters. The molecule has 0 radical (unpaired) electrons. The minimum Gasteiger partial charge on any atom is -0.310 e. The summed E-state index contributed by atoms with van der Waals surface area (Å²) in [7, 11) is 0. The summed E-state index contributed by atoms with van der Waals surface area (Å²) < 4.78 is 0. The van der Waals surface area contributed by atoms with Gasteiger partial charge in [-0.15, -0.1) is 11.3 Å². The maximum Gasteiger partial charge on any atom is 0.107 e. The first-order valence-electron chi connectivity index (χ1n) is 7.54. The Kier molecular flexibility index (Phi) is 5.79. The standard InChI is InChI=1S/C15H27N3S/c1-12-7-4-5-9-18(12)10-6-8-16-11-15-17-13(2)14(3)19-15/h12,16H,4-11H2,1-3H3. The van der Waals surface area contributed by atoms with Crippen LogP contribution in [-0.2, 0) is 6.54 Å². The molecule has 1 aromatic heterocycles. The van der Waals surface area contributed by atoms with Crippen molar-refractivity contribution in [1.29, 1.82) is 0 Å². The second-order valence-corrected chi connectivity index (χ2v) is 6.95. The SMILES string of the molecule is Cc1nc(CNCCCN2CCCCC2C)sc1C. The van der Waals surface area contributed by atoms with Gasteiger partial charge in [-0.3, -0.25) is 0 Å². The molecule has 19 heavy (non-hydrogen) atoms. The van der Waals surface area contributed by atoms with Crippen LogP contribution >= 0.6 is 11.3 Å². The average Bonchev–Trinajstić information content (AvgIpc) is 2.70. The van der Waals surface area contributed by atoms with Gasteiger partial charge in [0.15, 0.2) is 0 Å². The quantitative estimate of drug-likeness (QED) is 0.812. The summed E-state index contributed by atoms with van der Waals surface area (Å²) in [5.41, 5.74) is 1.18. The third kappa shape index (κ3) is 4.55. The topological polar surface area (TPSA) is 28.2 Å². The fourth-order valence-electron chi connectivity index (χ4n) is 2.71. The highest BCUT2D eigenvalue weighted by Gasteiger charge is 2.16. The molecule has 1 aromatic rings. The number of nitrogens with zero attached hydrogens (tertiary/aromatic N) is 2. The predicted octanol–water partition coefficient (Wildman–Crippen LogP) is 3.11. The Bertz CT molecular complexity index is 369. The molecule has 1 aliphatic heterocycles. The Labute approximate surface area is 121 Å². The molecule has 0 spiro atoms. The molecule has 0 saturated carbocycles. The van der Waals surface area contributed by atoms with Crippen LogP contribution in [0, 0.1) is 13.8 Å². The van der Waals surface area contributed by atoms with Crippen molar-refractivity contribution in [3.63, 3.8) is 0 Å². The largest absolute Gasteiger partial charge is 0.310 e. The van der Waals surface area contributed by atoms with Crippen LogP contribution in [0.15, 0.2) is 0 Å². The minimum absolute atomic E-state index is 0.790. The minimum atomic E-state index is 0.790. The lowest BCUT2D eigenvalue weighted by atomic mass is 10.0. The summed E-state index contributed by atoms with van der Waals surface area (Å²) in [6, 6.07) is 0.790. The van der Waals surface area contributed by atoms with E-state index in [-0.39, 0.29) is 0 Å². The van der Waals surface area contributed by atoms with Gasteiger partial charge in [0.05, 0.1) is 5.69 Å². The normalized spacial score (nSPS) is 20.9.